The highest BCUT2D eigenvalue weighted by molar-refractivity contribution is 6.02. The van der Waals surface area contributed by atoms with Crippen LogP contribution in [0.2, 0.25) is 0 Å². The molecule has 4 heterocycles. The molecule has 3 N–H and O–H groups in total. The first-order valence-corrected chi connectivity index (χ1v) is 12.6. The van der Waals surface area contributed by atoms with Gasteiger partial charge in [0.1, 0.15) is 23.4 Å². The number of nitriles is 1. The van der Waals surface area contributed by atoms with Crippen molar-refractivity contribution in [3.8, 4) is 6.07 Å². The van der Waals surface area contributed by atoms with Crippen molar-refractivity contribution < 1.29 is 19.1 Å². The van der Waals surface area contributed by atoms with Gasteiger partial charge in [-0.25, -0.2) is 14.8 Å². The Morgan fingerprint density at radius 3 is 2.92 bits per heavy atom. The predicted molar refractivity (Wildman–Crippen MR) is 141 cm³/mol. The molecule has 3 amide bonds. The number of pyridine rings is 2. The maximum atomic E-state index is 13.2. The van der Waals surface area contributed by atoms with Gasteiger partial charge in [-0.15, -0.1) is 0 Å². The van der Waals surface area contributed by atoms with Crippen molar-refractivity contribution in [1.82, 2.24) is 20.2 Å². The van der Waals surface area contributed by atoms with Crippen molar-refractivity contribution >= 4 is 35.5 Å². The molecule has 2 aliphatic rings. The number of ether oxygens (including phenoxy) is 1. The van der Waals surface area contributed by atoms with E-state index < -0.39 is 6.03 Å². The van der Waals surface area contributed by atoms with Gasteiger partial charge in [0, 0.05) is 51.6 Å². The number of likely N-dealkylation sites (N-methyl/N-ethyl adjacent to an activating group) is 1. The number of carbonyl (C=O) groups is 3. The maximum absolute atomic E-state index is 13.2. The molecule has 1 saturated heterocycles. The monoisotopic (exact) mass is 520 g/mol. The van der Waals surface area contributed by atoms with Crippen LogP contribution in [0.1, 0.15) is 46.4 Å². The smallest absolute Gasteiger partial charge is 0.328 e. The lowest BCUT2D eigenvalue weighted by molar-refractivity contribution is -0.132. The molecule has 0 aromatic carbocycles. The van der Waals surface area contributed by atoms with Crippen molar-refractivity contribution in [2.45, 2.75) is 38.3 Å². The van der Waals surface area contributed by atoms with Crippen molar-refractivity contribution in [3.63, 3.8) is 0 Å². The van der Waals surface area contributed by atoms with Crippen molar-refractivity contribution in [2.24, 2.45) is 0 Å². The number of methoxy groups -OCH3 is 1. The van der Waals surface area contributed by atoms with Crippen LogP contribution in [0.4, 0.5) is 22.1 Å². The Labute approximate surface area is 221 Å². The van der Waals surface area contributed by atoms with E-state index in [0.29, 0.717) is 61.5 Å². The van der Waals surface area contributed by atoms with E-state index in [-0.39, 0.29) is 30.0 Å². The zero-order valence-corrected chi connectivity index (χ0v) is 21.6. The summed E-state index contributed by atoms with van der Waals surface area (Å²) in [6, 6.07) is 4.90. The standard InChI is InChI=1S/C26H32N8O4/c1-33(25(36)20-6-3-7-28-20)15-18-11-17-5-4-9-34(24(17)31-22(18)16-35)26(37)32-23-12-21(29-8-10-38-2)19(13-27)14-30-23/h11-12,14,16,20,28H,3-10,15H2,1-2H3,(H2,29,30,32,37). The molecule has 12 heteroatoms. The molecule has 0 radical (unpaired) electrons. The summed E-state index contributed by atoms with van der Waals surface area (Å²) in [6.45, 7) is 2.44. The van der Waals surface area contributed by atoms with Crippen LogP contribution in [0.5, 0.6) is 0 Å². The molecule has 38 heavy (non-hydrogen) atoms. The van der Waals surface area contributed by atoms with Crippen LogP contribution in [0.25, 0.3) is 0 Å². The Morgan fingerprint density at radius 2 is 2.21 bits per heavy atom. The molecule has 12 nitrogen and oxygen atoms in total. The number of urea groups is 1. The molecule has 1 unspecified atom stereocenters. The molecule has 2 aliphatic heterocycles. The SMILES string of the molecule is COCCNc1cc(NC(=O)N2CCCc3cc(CN(C)C(=O)C4CCCN4)c(C=O)nc32)ncc1C#N. The topological polar surface area (TPSA) is 153 Å². The molecule has 0 saturated carbocycles. The van der Waals surface area contributed by atoms with Crippen molar-refractivity contribution in [2.75, 3.05) is 55.9 Å². The van der Waals surface area contributed by atoms with Gasteiger partial charge in [0.25, 0.3) is 0 Å². The van der Waals surface area contributed by atoms with Gasteiger partial charge in [-0.05, 0) is 43.9 Å². The van der Waals surface area contributed by atoms with E-state index in [1.54, 1.807) is 25.1 Å². The van der Waals surface area contributed by atoms with E-state index in [2.05, 4.69) is 32.0 Å². The van der Waals surface area contributed by atoms with E-state index in [1.165, 1.54) is 11.1 Å². The van der Waals surface area contributed by atoms with Crippen LogP contribution in [-0.4, -0.2) is 79.5 Å². The number of carbonyl (C=O) groups excluding carboxylic acids is 3. The fraction of sp³-hybridized carbons (Fsp3) is 0.462. The van der Waals surface area contributed by atoms with Gasteiger partial charge >= 0.3 is 6.03 Å². The van der Waals surface area contributed by atoms with E-state index in [1.807, 2.05) is 6.07 Å². The average molecular weight is 521 g/mol. The number of aromatic nitrogens is 2. The summed E-state index contributed by atoms with van der Waals surface area (Å²) in [5.74, 6) is 0.677. The predicted octanol–water partition coefficient (Wildman–Crippen LogP) is 1.91. The second-order valence-electron chi connectivity index (χ2n) is 9.31. The van der Waals surface area contributed by atoms with Crippen LogP contribution in [-0.2, 0) is 22.5 Å². The molecule has 0 spiro atoms. The molecule has 1 fully saturated rings. The summed E-state index contributed by atoms with van der Waals surface area (Å²) in [4.78, 5) is 49.8. The van der Waals surface area contributed by atoms with Gasteiger partial charge < -0.3 is 20.3 Å². The highest BCUT2D eigenvalue weighted by Gasteiger charge is 2.28. The molecule has 1 atom stereocenters. The Bertz CT molecular complexity index is 1240. The third kappa shape index (κ3) is 6.07. The Morgan fingerprint density at radius 1 is 1.37 bits per heavy atom. The number of anilines is 3. The zero-order chi connectivity index (χ0) is 27.1. The molecule has 200 valence electrons. The molecule has 2 aromatic rings. The first-order chi connectivity index (χ1) is 18.4. The summed E-state index contributed by atoms with van der Waals surface area (Å²) < 4.78 is 5.04. The second-order valence-corrected chi connectivity index (χ2v) is 9.31. The lowest BCUT2D eigenvalue weighted by Gasteiger charge is -2.30. The van der Waals surface area contributed by atoms with Crippen LogP contribution >= 0.6 is 0 Å². The van der Waals surface area contributed by atoms with Crippen molar-refractivity contribution in [3.05, 3.63) is 40.7 Å². The fourth-order valence-electron chi connectivity index (χ4n) is 4.70. The maximum Gasteiger partial charge on any atom is 0.328 e. The number of nitrogens with one attached hydrogen (secondary N) is 3. The van der Waals surface area contributed by atoms with E-state index in [9.17, 15) is 19.6 Å². The van der Waals surface area contributed by atoms with Crippen LogP contribution in [0.3, 0.4) is 0 Å². The van der Waals surface area contributed by atoms with Crippen LogP contribution < -0.4 is 20.9 Å². The molecule has 4 rings (SSSR count). The van der Waals surface area contributed by atoms with Gasteiger partial charge in [0.05, 0.1) is 23.9 Å². The molecule has 0 aliphatic carbocycles. The molecular formula is C26H32N8O4. The molecular weight excluding hydrogens is 488 g/mol. The Hall–Kier alpha value is -4.08. The second kappa shape index (κ2) is 12.4. The molecule has 0 bridgehead atoms. The van der Waals surface area contributed by atoms with Gasteiger partial charge in [0.2, 0.25) is 5.91 Å². The summed E-state index contributed by atoms with van der Waals surface area (Å²) in [5, 5.41) is 18.4. The number of amides is 3. The first kappa shape index (κ1) is 27.0. The quantitative estimate of drug-likeness (QED) is 0.332. The number of aryl methyl sites for hydroxylation is 1. The lowest BCUT2D eigenvalue weighted by atomic mass is 10.0. The largest absolute Gasteiger partial charge is 0.383 e. The number of fused-ring (bicyclic) bond motifs is 1. The van der Waals surface area contributed by atoms with Gasteiger partial charge in [-0.1, -0.05) is 0 Å². The number of rotatable bonds is 9. The third-order valence-corrected chi connectivity index (χ3v) is 6.65. The lowest BCUT2D eigenvalue weighted by Crippen LogP contribution is -2.42. The third-order valence-electron chi connectivity index (χ3n) is 6.65. The fourth-order valence-corrected chi connectivity index (χ4v) is 4.70. The molecule has 2 aromatic heterocycles. The minimum Gasteiger partial charge on any atom is -0.383 e. The normalized spacial score (nSPS) is 16.3. The van der Waals surface area contributed by atoms with E-state index in [4.69, 9.17) is 4.74 Å². The van der Waals surface area contributed by atoms with Gasteiger partial charge in [-0.3, -0.25) is 19.8 Å². The Kier molecular flexibility index (Phi) is 8.83. The highest BCUT2D eigenvalue weighted by Crippen LogP contribution is 2.29. The summed E-state index contributed by atoms with van der Waals surface area (Å²) in [5.41, 5.74) is 2.56. The van der Waals surface area contributed by atoms with Gasteiger partial charge in [-0.2, -0.15) is 5.26 Å². The zero-order valence-electron chi connectivity index (χ0n) is 21.6. The van der Waals surface area contributed by atoms with Gasteiger partial charge in [0.15, 0.2) is 6.29 Å². The minimum absolute atomic E-state index is 0.0101. The number of aldehydes is 1. The number of hydrogen-bond donors (Lipinski definition) is 3. The summed E-state index contributed by atoms with van der Waals surface area (Å²) in [6.07, 6.45) is 5.23. The Balaban J connectivity index is 1.51. The van der Waals surface area contributed by atoms with Crippen LogP contribution in [0.15, 0.2) is 18.3 Å². The van der Waals surface area contributed by atoms with E-state index >= 15 is 0 Å². The average Bonchev–Trinajstić information content (AvgIpc) is 3.47. The number of nitrogens with zero attached hydrogens (tertiary/aromatic N) is 5. The van der Waals surface area contributed by atoms with E-state index in [0.717, 1.165) is 24.9 Å². The van der Waals surface area contributed by atoms with Crippen molar-refractivity contribution in [1.29, 1.82) is 5.26 Å². The minimum atomic E-state index is -0.442. The van der Waals surface area contributed by atoms with Crippen LogP contribution in [0, 0.1) is 11.3 Å². The summed E-state index contributed by atoms with van der Waals surface area (Å²) in [7, 11) is 3.30. The number of hydrogen-bond acceptors (Lipinski definition) is 9. The summed E-state index contributed by atoms with van der Waals surface area (Å²) >= 11 is 0. The first-order valence-electron chi connectivity index (χ1n) is 12.6. The highest BCUT2D eigenvalue weighted by atomic mass is 16.5.